The lowest BCUT2D eigenvalue weighted by molar-refractivity contribution is -0.107. The smallest absolute Gasteiger partial charge is 0.410 e. The van der Waals surface area contributed by atoms with E-state index in [0.29, 0.717) is 18.7 Å². The van der Waals surface area contributed by atoms with Gasteiger partial charge in [0, 0.05) is 13.0 Å². The maximum Gasteiger partial charge on any atom is 0.412 e. The van der Waals surface area contributed by atoms with Crippen molar-refractivity contribution < 1.29 is 14.3 Å². The van der Waals surface area contributed by atoms with E-state index in [1.54, 1.807) is 6.07 Å². The van der Waals surface area contributed by atoms with Gasteiger partial charge < -0.3 is 14.8 Å². The topological polar surface area (TPSA) is 55.4 Å². The first-order valence-electron chi connectivity index (χ1n) is 6.68. The second kappa shape index (κ2) is 7.28. The first-order chi connectivity index (χ1) is 9.79. The molecule has 0 spiro atoms. The quantitative estimate of drug-likeness (QED) is 0.648. The minimum Gasteiger partial charge on any atom is -0.410 e. The summed E-state index contributed by atoms with van der Waals surface area (Å²) in [5, 5.41) is 4.80. The van der Waals surface area contributed by atoms with Gasteiger partial charge in [-0.25, -0.2) is 4.79 Å². The van der Waals surface area contributed by atoms with E-state index in [1.807, 2.05) is 36.4 Å². The number of carbonyl (C=O) groups excluding carboxylic acids is 2. The molecule has 0 heterocycles. The van der Waals surface area contributed by atoms with Crippen LogP contribution < -0.4 is 10.1 Å². The molecular formula is C16H17NO3. The van der Waals surface area contributed by atoms with Crippen LogP contribution in [0.4, 0.5) is 4.79 Å². The first kappa shape index (κ1) is 14.1. The maximum atomic E-state index is 11.6. The zero-order valence-electron chi connectivity index (χ0n) is 11.2. The molecule has 0 aliphatic heterocycles. The molecule has 0 radical (unpaired) electrons. The number of hydrogen-bond donors (Lipinski definition) is 1. The number of carbonyl (C=O) groups is 2. The highest BCUT2D eigenvalue weighted by atomic mass is 16.6. The molecule has 4 nitrogen and oxygen atoms in total. The lowest BCUT2D eigenvalue weighted by atomic mass is 10.1. The Kier molecular flexibility index (Phi) is 5.12. The molecule has 0 aromatic heterocycles. The average Bonchev–Trinajstić information content (AvgIpc) is 2.47. The van der Waals surface area contributed by atoms with Crippen LogP contribution in [-0.2, 0) is 4.79 Å². The number of rotatable bonds is 6. The Balaban J connectivity index is 1.84. The molecule has 0 saturated heterocycles. The molecule has 0 aliphatic carbocycles. The number of aldehydes is 1. The molecule has 0 aliphatic rings. The van der Waals surface area contributed by atoms with Crippen LogP contribution in [0, 0.1) is 0 Å². The van der Waals surface area contributed by atoms with Crippen LogP contribution in [-0.4, -0.2) is 18.9 Å². The summed E-state index contributed by atoms with van der Waals surface area (Å²) in [5.74, 6) is 0.522. The molecule has 2 aromatic rings. The molecule has 2 aromatic carbocycles. The fourth-order valence-corrected chi connectivity index (χ4v) is 1.92. The summed E-state index contributed by atoms with van der Waals surface area (Å²) >= 11 is 0. The van der Waals surface area contributed by atoms with Crippen molar-refractivity contribution >= 4 is 23.2 Å². The predicted octanol–water partition coefficient (Wildman–Crippen LogP) is 3.30. The van der Waals surface area contributed by atoms with E-state index in [0.717, 1.165) is 29.9 Å². The summed E-state index contributed by atoms with van der Waals surface area (Å²) in [6.07, 6.45) is 2.49. The number of nitrogens with one attached hydrogen (secondary N) is 1. The van der Waals surface area contributed by atoms with Gasteiger partial charge in [-0.15, -0.1) is 0 Å². The molecule has 1 amide bonds. The zero-order valence-corrected chi connectivity index (χ0v) is 11.2. The van der Waals surface area contributed by atoms with Crippen LogP contribution >= 0.6 is 0 Å². The largest absolute Gasteiger partial charge is 0.412 e. The Morgan fingerprint density at radius 3 is 2.70 bits per heavy atom. The molecule has 0 atom stereocenters. The van der Waals surface area contributed by atoms with E-state index < -0.39 is 6.09 Å². The standard InChI is InChI=1S/C16H17NO3/c18-11-5-1-4-10-17-16(19)20-15-9-8-13-6-2-3-7-14(13)12-15/h2-3,6-9,11-12H,1,4-5,10H2,(H,17,19). The van der Waals surface area contributed by atoms with Gasteiger partial charge in [-0.3, -0.25) is 0 Å². The van der Waals surface area contributed by atoms with Gasteiger partial charge in [-0.05, 0) is 35.7 Å². The number of ether oxygens (including phenoxy) is 1. The molecule has 2 rings (SSSR count). The van der Waals surface area contributed by atoms with Crippen molar-refractivity contribution in [3.63, 3.8) is 0 Å². The third kappa shape index (κ3) is 4.09. The van der Waals surface area contributed by atoms with Gasteiger partial charge in [-0.1, -0.05) is 30.3 Å². The lowest BCUT2D eigenvalue weighted by Crippen LogP contribution is -2.27. The number of benzene rings is 2. The second-order valence-corrected chi connectivity index (χ2v) is 4.49. The van der Waals surface area contributed by atoms with Crippen molar-refractivity contribution in [2.45, 2.75) is 19.3 Å². The van der Waals surface area contributed by atoms with E-state index in [1.165, 1.54) is 0 Å². The number of hydrogen-bond acceptors (Lipinski definition) is 3. The number of unbranched alkanes of at least 4 members (excludes halogenated alkanes) is 2. The summed E-state index contributed by atoms with van der Waals surface area (Å²) in [6, 6.07) is 13.4. The van der Waals surface area contributed by atoms with Gasteiger partial charge in [0.05, 0.1) is 0 Å². The Labute approximate surface area is 117 Å². The minimum absolute atomic E-state index is 0.466. The van der Waals surface area contributed by atoms with Crippen LogP contribution in [0.15, 0.2) is 42.5 Å². The van der Waals surface area contributed by atoms with Crippen LogP contribution in [0.25, 0.3) is 10.8 Å². The van der Waals surface area contributed by atoms with Gasteiger partial charge in [0.2, 0.25) is 0 Å². The molecule has 0 fully saturated rings. The summed E-state index contributed by atoms with van der Waals surface area (Å²) in [5.41, 5.74) is 0. The number of fused-ring (bicyclic) bond motifs is 1. The average molecular weight is 271 g/mol. The van der Waals surface area contributed by atoms with Gasteiger partial charge in [-0.2, -0.15) is 0 Å². The van der Waals surface area contributed by atoms with E-state index in [-0.39, 0.29) is 0 Å². The monoisotopic (exact) mass is 271 g/mol. The van der Waals surface area contributed by atoms with Crippen molar-refractivity contribution in [2.75, 3.05) is 6.54 Å². The highest BCUT2D eigenvalue weighted by Gasteiger charge is 2.04. The van der Waals surface area contributed by atoms with Gasteiger partial charge >= 0.3 is 6.09 Å². The van der Waals surface area contributed by atoms with Gasteiger partial charge in [0.25, 0.3) is 0 Å². The Morgan fingerprint density at radius 2 is 1.90 bits per heavy atom. The summed E-state index contributed by atoms with van der Waals surface area (Å²) in [7, 11) is 0. The molecule has 0 unspecified atom stereocenters. The summed E-state index contributed by atoms with van der Waals surface area (Å²) < 4.78 is 5.21. The molecule has 20 heavy (non-hydrogen) atoms. The highest BCUT2D eigenvalue weighted by molar-refractivity contribution is 5.84. The van der Waals surface area contributed by atoms with Crippen LogP contribution in [0.5, 0.6) is 5.75 Å². The third-order valence-corrected chi connectivity index (χ3v) is 2.95. The molecular weight excluding hydrogens is 254 g/mol. The van der Waals surface area contributed by atoms with Gasteiger partial charge in [0.1, 0.15) is 12.0 Å². The highest BCUT2D eigenvalue weighted by Crippen LogP contribution is 2.20. The SMILES string of the molecule is O=CCCCCNC(=O)Oc1ccc2ccccc2c1. The molecule has 1 N–H and O–H groups in total. The molecule has 104 valence electrons. The van der Waals surface area contributed by atoms with E-state index in [4.69, 9.17) is 4.74 Å². The predicted molar refractivity (Wildman–Crippen MR) is 77.9 cm³/mol. The lowest BCUT2D eigenvalue weighted by Gasteiger charge is -2.07. The molecule has 4 heteroatoms. The first-order valence-corrected chi connectivity index (χ1v) is 6.68. The third-order valence-electron chi connectivity index (χ3n) is 2.95. The summed E-state index contributed by atoms with van der Waals surface area (Å²) in [4.78, 5) is 21.7. The van der Waals surface area contributed by atoms with Crippen molar-refractivity contribution in [1.82, 2.24) is 5.32 Å². The number of amides is 1. The van der Waals surface area contributed by atoms with Crippen LogP contribution in [0.1, 0.15) is 19.3 Å². The fourth-order valence-electron chi connectivity index (χ4n) is 1.92. The molecule has 0 saturated carbocycles. The Hall–Kier alpha value is -2.36. The Morgan fingerprint density at radius 1 is 1.10 bits per heavy atom. The Bertz CT molecular complexity index is 595. The second-order valence-electron chi connectivity index (χ2n) is 4.49. The zero-order chi connectivity index (χ0) is 14.2. The van der Waals surface area contributed by atoms with Gasteiger partial charge in [0.15, 0.2) is 0 Å². The fraction of sp³-hybridized carbons (Fsp3) is 0.250. The normalized spacial score (nSPS) is 10.2. The maximum absolute atomic E-state index is 11.6. The van der Waals surface area contributed by atoms with E-state index >= 15 is 0 Å². The van der Waals surface area contributed by atoms with E-state index in [9.17, 15) is 9.59 Å². The van der Waals surface area contributed by atoms with Crippen molar-refractivity contribution in [2.24, 2.45) is 0 Å². The van der Waals surface area contributed by atoms with Crippen molar-refractivity contribution in [1.29, 1.82) is 0 Å². The van der Waals surface area contributed by atoms with Crippen LogP contribution in [0.3, 0.4) is 0 Å². The summed E-state index contributed by atoms with van der Waals surface area (Å²) in [6.45, 7) is 0.514. The minimum atomic E-state index is -0.466. The van der Waals surface area contributed by atoms with Crippen molar-refractivity contribution in [3.05, 3.63) is 42.5 Å². The van der Waals surface area contributed by atoms with Crippen LogP contribution in [0.2, 0.25) is 0 Å². The van der Waals surface area contributed by atoms with E-state index in [2.05, 4.69) is 5.32 Å². The van der Waals surface area contributed by atoms with Crippen molar-refractivity contribution in [3.8, 4) is 5.75 Å². The molecule has 0 bridgehead atoms.